The van der Waals surface area contributed by atoms with E-state index < -0.39 is 10.0 Å². The molecule has 0 saturated carbocycles. The molecule has 18 heavy (non-hydrogen) atoms. The number of sulfonamides is 1. The third-order valence-electron chi connectivity index (χ3n) is 2.80. The summed E-state index contributed by atoms with van der Waals surface area (Å²) in [5.74, 6) is 0.288. The average molecular weight is 271 g/mol. The van der Waals surface area contributed by atoms with E-state index in [-0.39, 0.29) is 17.2 Å². The molecule has 0 unspecified atom stereocenters. The second-order valence-corrected chi connectivity index (χ2v) is 6.05. The van der Waals surface area contributed by atoms with Crippen molar-refractivity contribution >= 4 is 16.3 Å². The first-order valence-electron chi connectivity index (χ1n) is 5.39. The SMILES string of the molecule is COc1cc(C)c(C)cc1S(=O)(=O)N(C)CC=O. The lowest BCUT2D eigenvalue weighted by Gasteiger charge is -2.17. The summed E-state index contributed by atoms with van der Waals surface area (Å²) in [5.41, 5.74) is 1.80. The van der Waals surface area contributed by atoms with E-state index in [1.807, 2.05) is 13.8 Å². The molecule has 0 aliphatic heterocycles. The van der Waals surface area contributed by atoms with Crippen molar-refractivity contribution in [3.63, 3.8) is 0 Å². The molecule has 5 nitrogen and oxygen atoms in total. The summed E-state index contributed by atoms with van der Waals surface area (Å²) in [4.78, 5) is 10.5. The Kier molecular flexibility index (Phi) is 4.48. The van der Waals surface area contributed by atoms with E-state index in [2.05, 4.69) is 0 Å². The molecule has 0 aliphatic rings. The van der Waals surface area contributed by atoms with Crippen LogP contribution in [0.1, 0.15) is 11.1 Å². The van der Waals surface area contributed by atoms with Gasteiger partial charge in [-0.15, -0.1) is 0 Å². The van der Waals surface area contributed by atoms with Gasteiger partial charge < -0.3 is 9.53 Å². The van der Waals surface area contributed by atoms with E-state index in [4.69, 9.17) is 4.74 Å². The minimum atomic E-state index is -3.71. The van der Waals surface area contributed by atoms with E-state index in [0.29, 0.717) is 6.29 Å². The maximum absolute atomic E-state index is 12.3. The van der Waals surface area contributed by atoms with Crippen LogP contribution in [0.3, 0.4) is 0 Å². The topological polar surface area (TPSA) is 63.7 Å². The van der Waals surface area contributed by atoms with Crippen molar-refractivity contribution in [3.8, 4) is 5.75 Å². The van der Waals surface area contributed by atoms with Gasteiger partial charge in [-0.25, -0.2) is 8.42 Å². The maximum Gasteiger partial charge on any atom is 0.246 e. The van der Waals surface area contributed by atoms with Gasteiger partial charge in [0.25, 0.3) is 0 Å². The standard InChI is InChI=1S/C12H17NO4S/c1-9-7-11(17-4)12(8-10(9)2)18(15,16)13(3)5-6-14/h6-8H,5H2,1-4H3. The second kappa shape index (κ2) is 5.49. The third-order valence-corrected chi connectivity index (χ3v) is 4.64. The zero-order chi connectivity index (χ0) is 13.9. The zero-order valence-corrected chi connectivity index (χ0v) is 11.7. The van der Waals surface area contributed by atoms with Gasteiger partial charge in [-0.05, 0) is 37.1 Å². The molecule has 0 aliphatic carbocycles. The first-order valence-corrected chi connectivity index (χ1v) is 6.83. The van der Waals surface area contributed by atoms with Crippen LogP contribution in [0.4, 0.5) is 0 Å². The lowest BCUT2D eigenvalue weighted by molar-refractivity contribution is -0.107. The lowest BCUT2D eigenvalue weighted by Crippen LogP contribution is -2.29. The summed E-state index contributed by atoms with van der Waals surface area (Å²) in [6.07, 6.45) is 0.547. The number of methoxy groups -OCH3 is 1. The van der Waals surface area contributed by atoms with Gasteiger partial charge in [0.15, 0.2) is 0 Å². The normalized spacial score (nSPS) is 11.6. The van der Waals surface area contributed by atoms with Crippen molar-refractivity contribution in [2.45, 2.75) is 18.7 Å². The summed E-state index contributed by atoms with van der Waals surface area (Å²) < 4.78 is 30.6. The number of carbonyl (C=O) groups is 1. The molecule has 0 spiro atoms. The minimum absolute atomic E-state index is 0.0810. The molecule has 1 rings (SSSR count). The predicted molar refractivity (Wildman–Crippen MR) is 68.3 cm³/mol. The lowest BCUT2D eigenvalue weighted by atomic mass is 10.1. The number of likely N-dealkylation sites (N-methyl/N-ethyl adjacent to an activating group) is 1. The number of hydrogen-bond acceptors (Lipinski definition) is 4. The molecule has 0 N–H and O–H groups in total. The van der Waals surface area contributed by atoms with Crippen LogP contribution in [0.5, 0.6) is 5.75 Å². The fourth-order valence-corrected chi connectivity index (χ4v) is 2.81. The zero-order valence-electron chi connectivity index (χ0n) is 10.9. The van der Waals surface area contributed by atoms with Gasteiger partial charge >= 0.3 is 0 Å². The largest absolute Gasteiger partial charge is 0.495 e. The number of nitrogens with zero attached hydrogens (tertiary/aromatic N) is 1. The van der Waals surface area contributed by atoms with Crippen molar-refractivity contribution in [1.29, 1.82) is 0 Å². The number of rotatable bonds is 5. The van der Waals surface area contributed by atoms with E-state index in [1.165, 1.54) is 14.2 Å². The van der Waals surface area contributed by atoms with Gasteiger partial charge in [-0.1, -0.05) is 0 Å². The number of hydrogen-bond donors (Lipinski definition) is 0. The van der Waals surface area contributed by atoms with Gasteiger partial charge in [0, 0.05) is 7.05 Å². The summed E-state index contributed by atoms with van der Waals surface area (Å²) in [7, 11) is -0.927. The maximum atomic E-state index is 12.3. The number of carbonyl (C=O) groups excluding carboxylic acids is 1. The smallest absolute Gasteiger partial charge is 0.246 e. The van der Waals surface area contributed by atoms with Gasteiger partial charge in [0.2, 0.25) is 10.0 Å². The Labute approximate surface area is 107 Å². The van der Waals surface area contributed by atoms with Crippen molar-refractivity contribution in [1.82, 2.24) is 4.31 Å². The molecule has 0 saturated heterocycles. The van der Waals surface area contributed by atoms with Crippen LogP contribution < -0.4 is 4.74 Å². The van der Waals surface area contributed by atoms with E-state index in [1.54, 1.807) is 12.1 Å². The molecule has 1 aromatic rings. The first-order chi connectivity index (χ1) is 8.34. The molecule has 0 bridgehead atoms. The predicted octanol–water partition coefficient (Wildman–Crippen LogP) is 1.13. The third kappa shape index (κ3) is 2.70. The van der Waals surface area contributed by atoms with Crippen LogP contribution in [0, 0.1) is 13.8 Å². The van der Waals surface area contributed by atoms with E-state index in [0.717, 1.165) is 15.4 Å². The molecule has 0 aromatic heterocycles. The van der Waals surface area contributed by atoms with E-state index in [9.17, 15) is 13.2 Å². The van der Waals surface area contributed by atoms with E-state index >= 15 is 0 Å². The van der Waals surface area contributed by atoms with Crippen LogP contribution >= 0.6 is 0 Å². The van der Waals surface area contributed by atoms with Crippen LogP contribution in [0.2, 0.25) is 0 Å². The van der Waals surface area contributed by atoms with Gasteiger partial charge in [0.05, 0.1) is 13.7 Å². The van der Waals surface area contributed by atoms with Crippen molar-refractivity contribution in [2.24, 2.45) is 0 Å². The second-order valence-electron chi connectivity index (χ2n) is 4.04. The molecule has 0 amide bonds. The molecule has 0 heterocycles. The highest BCUT2D eigenvalue weighted by Gasteiger charge is 2.25. The number of aryl methyl sites for hydroxylation is 2. The number of ether oxygens (including phenoxy) is 1. The van der Waals surface area contributed by atoms with Gasteiger partial charge in [0.1, 0.15) is 16.9 Å². The molecule has 0 atom stereocenters. The summed E-state index contributed by atoms with van der Waals surface area (Å²) >= 11 is 0. The average Bonchev–Trinajstić information content (AvgIpc) is 2.32. The fraction of sp³-hybridized carbons (Fsp3) is 0.417. The van der Waals surface area contributed by atoms with Crippen LogP contribution in [-0.2, 0) is 14.8 Å². The summed E-state index contributed by atoms with van der Waals surface area (Å²) in [6.45, 7) is 3.52. The molecule has 0 radical (unpaired) electrons. The summed E-state index contributed by atoms with van der Waals surface area (Å²) in [6, 6.07) is 3.24. The van der Waals surface area contributed by atoms with Crippen molar-refractivity contribution < 1.29 is 17.9 Å². The van der Waals surface area contributed by atoms with Crippen LogP contribution in [0.15, 0.2) is 17.0 Å². The molecular weight excluding hydrogens is 254 g/mol. The molecular formula is C12H17NO4S. The monoisotopic (exact) mass is 271 g/mol. The minimum Gasteiger partial charge on any atom is -0.495 e. The molecule has 100 valence electrons. The highest BCUT2D eigenvalue weighted by Crippen LogP contribution is 2.29. The van der Waals surface area contributed by atoms with Crippen molar-refractivity contribution in [2.75, 3.05) is 20.7 Å². The number of benzene rings is 1. The Bertz CT molecular complexity index is 551. The van der Waals surface area contributed by atoms with Crippen LogP contribution in [-0.4, -0.2) is 39.7 Å². The molecule has 1 aromatic carbocycles. The van der Waals surface area contributed by atoms with Crippen LogP contribution in [0.25, 0.3) is 0 Å². The highest BCUT2D eigenvalue weighted by atomic mass is 32.2. The molecule has 6 heteroatoms. The van der Waals surface area contributed by atoms with Gasteiger partial charge in [-0.3, -0.25) is 0 Å². The molecule has 0 fully saturated rings. The Balaban J connectivity index is 3.40. The Morgan fingerprint density at radius 3 is 2.33 bits per heavy atom. The van der Waals surface area contributed by atoms with Gasteiger partial charge in [-0.2, -0.15) is 4.31 Å². The fourth-order valence-electron chi connectivity index (χ4n) is 1.50. The highest BCUT2D eigenvalue weighted by molar-refractivity contribution is 7.89. The summed E-state index contributed by atoms with van der Waals surface area (Å²) in [5, 5.41) is 0. The Hall–Kier alpha value is -1.40. The number of aldehydes is 1. The quantitative estimate of drug-likeness (QED) is 0.753. The Morgan fingerprint density at radius 2 is 1.83 bits per heavy atom. The van der Waals surface area contributed by atoms with Crippen molar-refractivity contribution in [3.05, 3.63) is 23.3 Å². The Morgan fingerprint density at radius 1 is 1.28 bits per heavy atom. The first kappa shape index (κ1) is 14.7.